The highest BCUT2D eigenvalue weighted by Crippen LogP contribution is 2.60. The van der Waals surface area contributed by atoms with Crippen molar-refractivity contribution in [2.24, 2.45) is 28.3 Å². The average Bonchev–Trinajstić information content (AvgIpc) is 2.58. The second kappa shape index (κ2) is 6.89. The van der Waals surface area contributed by atoms with Gasteiger partial charge in [-0.15, -0.1) is 0 Å². The molecule has 1 aromatic rings. The fourth-order valence-electron chi connectivity index (χ4n) is 5.61. The summed E-state index contributed by atoms with van der Waals surface area (Å²) >= 11 is 2.27. The van der Waals surface area contributed by atoms with Gasteiger partial charge in [-0.1, -0.05) is 0 Å². The fourth-order valence-corrected chi connectivity index (χ4v) is 5.97. The minimum Gasteiger partial charge on any atom is -0.376 e. The van der Waals surface area contributed by atoms with Crippen LogP contribution in [0.1, 0.15) is 45.4 Å². The molecule has 5 rings (SSSR count). The van der Waals surface area contributed by atoms with Crippen molar-refractivity contribution in [3.63, 3.8) is 0 Å². The number of hydrazone groups is 1. The van der Waals surface area contributed by atoms with E-state index in [1.54, 1.807) is 0 Å². The van der Waals surface area contributed by atoms with Crippen molar-refractivity contribution >= 4 is 39.9 Å². The number of anilines is 1. The number of carbonyl (C=O) groups is 1. The summed E-state index contributed by atoms with van der Waals surface area (Å²) in [7, 11) is 0. The number of hydrogen-bond donors (Lipinski definition) is 2. The molecule has 0 spiro atoms. The Balaban J connectivity index is 1.33. The smallest absolute Gasteiger partial charge is 0.259 e. The van der Waals surface area contributed by atoms with Gasteiger partial charge in [0.05, 0.1) is 6.54 Å². The molecular formula is C20H26IN3O. The van der Waals surface area contributed by atoms with E-state index in [1.807, 2.05) is 24.3 Å². The zero-order valence-electron chi connectivity index (χ0n) is 14.7. The predicted octanol–water partition coefficient (Wildman–Crippen LogP) is 4.41. The molecule has 4 bridgehead atoms. The molecule has 1 amide bonds. The monoisotopic (exact) mass is 451 g/mol. The maximum Gasteiger partial charge on any atom is 0.259 e. The Kier molecular flexibility index (Phi) is 4.77. The molecule has 0 saturated heterocycles. The van der Waals surface area contributed by atoms with E-state index in [0.29, 0.717) is 0 Å². The molecule has 0 aliphatic heterocycles. The number of nitrogens with one attached hydrogen (secondary N) is 2. The number of benzene rings is 1. The Labute approximate surface area is 163 Å². The minimum absolute atomic E-state index is 0.0809. The molecule has 0 radical (unpaired) electrons. The van der Waals surface area contributed by atoms with Crippen LogP contribution in [0.4, 0.5) is 5.69 Å². The summed E-state index contributed by atoms with van der Waals surface area (Å²) in [6, 6.07) is 8.02. The summed E-state index contributed by atoms with van der Waals surface area (Å²) in [5.74, 6) is 2.61. The second-order valence-electron chi connectivity index (χ2n) is 8.29. The van der Waals surface area contributed by atoms with Gasteiger partial charge in [-0.2, -0.15) is 5.10 Å². The third-order valence-corrected chi connectivity index (χ3v) is 7.17. The summed E-state index contributed by atoms with van der Waals surface area (Å²) in [4.78, 5) is 12.1. The Morgan fingerprint density at radius 1 is 1.12 bits per heavy atom. The van der Waals surface area contributed by atoms with E-state index < -0.39 is 0 Å². The molecule has 4 saturated carbocycles. The molecule has 4 aliphatic carbocycles. The molecule has 0 aromatic heterocycles. The normalized spacial score (nSPS) is 33.4. The van der Waals surface area contributed by atoms with Crippen LogP contribution in [-0.4, -0.2) is 18.2 Å². The maximum atomic E-state index is 12.1. The second-order valence-corrected chi connectivity index (χ2v) is 9.54. The van der Waals surface area contributed by atoms with E-state index in [-0.39, 0.29) is 17.9 Å². The summed E-state index contributed by atoms with van der Waals surface area (Å²) in [5.41, 5.74) is 5.15. The van der Waals surface area contributed by atoms with Crippen molar-refractivity contribution in [1.82, 2.24) is 5.43 Å². The molecule has 25 heavy (non-hydrogen) atoms. The number of nitrogens with zero attached hydrogens (tertiary/aromatic N) is 1. The van der Waals surface area contributed by atoms with Crippen LogP contribution in [-0.2, 0) is 4.79 Å². The first kappa shape index (κ1) is 17.3. The van der Waals surface area contributed by atoms with Crippen LogP contribution in [0.25, 0.3) is 0 Å². The van der Waals surface area contributed by atoms with Gasteiger partial charge < -0.3 is 5.32 Å². The van der Waals surface area contributed by atoms with Crippen LogP contribution in [0.3, 0.4) is 0 Å². The molecule has 0 heterocycles. The van der Waals surface area contributed by atoms with Crippen LogP contribution in [0.15, 0.2) is 29.4 Å². The molecule has 2 N–H and O–H groups in total. The molecule has 0 unspecified atom stereocenters. The van der Waals surface area contributed by atoms with Crippen LogP contribution in [0, 0.1) is 26.7 Å². The number of carbonyl (C=O) groups excluding carboxylic acids is 1. The number of amides is 1. The van der Waals surface area contributed by atoms with Crippen molar-refractivity contribution < 1.29 is 4.79 Å². The summed E-state index contributed by atoms with van der Waals surface area (Å²) < 4.78 is 1.18. The van der Waals surface area contributed by atoms with Crippen molar-refractivity contribution in [3.8, 4) is 0 Å². The van der Waals surface area contributed by atoms with Gasteiger partial charge in [-0.3, -0.25) is 4.79 Å². The van der Waals surface area contributed by atoms with E-state index in [0.717, 1.165) is 29.2 Å². The number of hydrogen-bond acceptors (Lipinski definition) is 3. The molecule has 0 atom stereocenters. The Morgan fingerprint density at radius 3 is 2.24 bits per heavy atom. The van der Waals surface area contributed by atoms with Gasteiger partial charge in [0.1, 0.15) is 0 Å². The van der Waals surface area contributed by atoms with Crippen LogP contribution in [0.2, 0.25) is 0 Å². The lowest BCUT2D eigenvalue weighted by Gasteiger charge is -2.56. The van der Waals surface area contributed by atoms with Crippen molar-refractivity contribution in [2.75, 3.05) is 11.9 Å². The first-order valence-electron chi connectivity index (χ1n) is 9.35. The lowest BCUT2D eigenvalue weighted by Crippen LogP contribution is -2.49. The van der Waals surface area contributed by atoms with Gasteiger partial charge >= 0.3 is 0 Å². The van der Waals surface area contributed by atoms with Gasteiger partial charge in [0.15, 0.2) is 0 Å². The largest absolute Gasteiger partial charge is 0.376 e. The summed E-state index contributed by atoms with van der Waals surface area (Å²) in [5, 5.41) is 7.66. The van der Waals surface area contributed by atoms with Gasteiger partial charge in [0.2, 0.25) is 0 Å². The predicted molar refractivity (Wildman–Crippen MR) is 110 cm³/mol. The van der Waals surface area contributed by atoms with Crippen molar-refractivity contribution in [3.05, 3.63) is 27.8 Å². The standard InChI is InChI=1S/C20H26IN3O/c1-13(20-9-14-6-15(10-20)8-16(7-14)11-20)23-24-19(25)12-22-18-4-2-17(21)3-5-18/h2-5,14-16,22H,6-12H2,1H3,(H,24,25)/b23-13+. The molecule has 134 valence electrons. The molecular weight excluding hydrogens is 425 g/mol. The topological polar surface area (TPSA) is 53.5 Å². The molecule has 5 heteroatoms. The highest BCUT2D eigenvalue weighted by atomic mass is 127. The minimum atomic E-state index is -0.0809. The summed E-state index contributed by atoms with van der Waals surface area (Å²) in [6.45, 7) is 2.37. The van der Waals surface area contributed by atoms with E-state index in [9.17, 15) is 4.79 Å². The highest BCUT2D eigenvalue weighted by Gasteiger charge is 2.52. The van der Waals surface area contributed by atoms with E-state index in [4.69, 9.17) is 0 Å². The molecule has 4 fully saturated rings. The Bertz CT molecular complexity index is 647. The fraction of sp³-hybridized carbons (Fsp3) is 0.600. The summed E-state index contributed by atoms with van der Waals surface area (Å²) in [6.07, 6.45) is 8.14. The highest BCUT2D eigenvalue weighted by molar-refractivity contribution is 14.1. The first-order valence-corrected chi connectivity index (χ1v) is 10.4. The lowest BCUT2D eigenvalue weighted by molar-refractivity contribution is -0.119. The zero-order valence-corrected chi connectivity index (χ0v) is 16.9. The van der Waals surface area contributed by atoms with Gasteiger partial charge in [0, 0.05) is 20.4 Å². The molecule has 4 nitrogen and oxygen atoms in total. The van der Waals surface area contributed by atoms with E-state index in [2.05, 4.69) is 45.4 Å². The lowest BCUT2D eigenvalue weighted by atomic mass is 9.48. The van der Waals surface area contributed by atoms with Gasteiger partial charge in [-0.05, 0) is 110 Å². The Morgan fingerprint density at radius 2 is 1.68 bits per heavy atom. The van der Waals surface area contributed by atoms with Crippen LogP contribution < -0.4 is 10.7 Å². The van der Waals surface area contributed by atoms with Crippen LogP contribution >= 0.6 is 22.6 Å². The van der Waals surface area contributed by atoms with E-state index >= 15 is 0 Å². The quantitative estimate of drug-likeness (QED) is 0.396. The molecule has 1 aromatic carbocycles. The first-order chi connectivity index (χ1) is 12.0. The third kappa shape index (κ3) is 3.71. The maximum absolute atomic E-state index is 12.1. The zero-order chi connectivity index (χ0) is 17.4. The number of rotatable bonds is 5. The SMILES string of the molecule is C/C(=N\NC(=O)CNc1ccc(I)cc1)C12CC3CC(CC(C3)C1)C2. The van der Waals surface area contributed by atoms with Gasteiger partial charge in [-0.25, -0.2) is 5.43 Å². The number of halogens is 1. The molecule has 4 aliphatic rings. The van der Waals surface area contributed by atoms with Crippen molar-refractivity contribution in [2.45, 2.75) is 45.4 Å². The average molecular weight is 451 g/mol. The van der Waals surface area contributed by atoms with E-state index in [1.165, 1.54) is 42.1 Å². The van der Waals surface area contributed by atoms with Gasteiger partial charge in [0.25, 0.3) is 5.91 Å². The third-order valence-electron chi connectivity index (χ3n) is 6.45. The Hall–Kier alpha value is -1.11. The van der Waals surface area contributed by atoms with Crippen molar-refractivity contribution in [1.29, 1.82) is 0 Å². The van der Waals surface area contributed by atoms with Crippen LogP contribution in [0.5, 0.6) is 0 Å².